The number of carbonyl (C=O) groups excluding carboxylic acids is 1. The molecule has 0 aliphatic carbocycles. The first-order valence-corrected chi connectivity index (χ1v) is 6.72. The lowest BCUT2D eigenvalue weighted by molar-refractivity contribution is -0.137. The molecule has 0 aromatic rings. The summed E-state index contributed by atoms with van der Waals surface area (Å²) in [6.45, 7) is 0. The molecule has 0 amide bonds. The van der Waals surface area contributed by atoms with Gasteiger partial charge in [0.15, 0.2) is 0 Å². The van der Waals surface area contributed by atoms with Gasteiger partial charge in [-0.25, -0.2) is 0 Å². The van der Waals surface area contributed by atoms with Crippen molar-refractivity contribution in [3.63, 3.8) is 0 Å². The van der Waals surface area contributed by atoms with Crippen LogP contribution in [0.25, 0.3) is 0 Å². The Morgan fingerprint density at radius 2 is 1.44 bits per heavy atom. The highest BCUT2D eigenvalue weighted by Crippen LogP contribution is 2.07. The highest BCUT2D eigenvalue weighted by molar-refractivity contribution is 5.66. The summed E-state index contributed by atoms with van der Waals surface area (Å²) in [6.07, 6.45) is 17.1. The molecule has 0 aromatic heterocycles. The number of aldehydes is 1. The lowest BCUT2D eigenvalue weighted by Gasteiger charge is -1.98. The number of unbranched alkanes of at least 4 members (excludes halogenated alkanes) is 5. The van der Waals surface area contributed by atoms with E-state index in [2.05, 4.69) is 12.2 Å². The van der Waals surface area contributed by atoms with Gasteiger partial charge in [0.2, 0.25) is 0 Å². The van der Waals surface area contributed by atoms with E-state index in [9.17, 15) is 9.59 Å². The van der Waals surface area contributed by atoms with Crippen LogP contribution in [-0.2, 0) is 9.59 Å². The van der Waals surface area contributed by atoms with Gasteiger partial charge in [-0.1, -0.05) is 43.6 Å². The normalized spacial score (nSPS) is 11.3. The van der Waals surface area contributed by atoms with Crippen LogP contribution in [0.5, 0.6) is 0 Å². The SMILES string of the molecule is O=CCC=CCC=CCCCCCCCC(=O)O. The molecular formula is C15H24O3. The Kier molecular flexibility index (Phi) is 12.6. The van der Waals surface area contributed by atoms with Gasteiger partial charge in [-0.05, 0) is 25.7 Å². The van der Waals surface area contributed by atoms with E-state index in [4.69, 9.17) is 5.11 Å². The fourth-order valence-electron chi connectivity index (χ4n) is 1.61. The molecule has 0 atom stereocenters. The van der Waals surface area contributed by atoms with E-state index < -0.39 is 5.97 Å². The maximum atomic E-state index is 10.3. The average molecular weight is 252 g/mol. The average Bonchev–Trinajstić information content (AvgIpc) is 2.34. The predicted molar refractivity (Wildman–Crippen MR) is 73.5 cm³/mol. The lowest BCUT2D eigenvalue weighted by atomic mass is 10.1. The summed E-state index contributed by atoms with van der Waals surface area (Å²) in [5.41, 5.74) is 0. The van der Waals surface area contributed by atoms with Crippen molar-refractivity contribution in [2.45, 2.75) is 57.8 Å². The Balaban J connectivity index is 3.17. The standard InChI is InChI=1S/C15H24O3/c16-14-12-10-8-6-4-2-1-3-5-7-9-11-13-15(17)18/h2,4,8,10,14H,1,3,5-7,9,11-13H2,(H,17,18). The molecule has 1 N–H and O–H groups in total. The second-order valence-corrected chi connectivity index (χ2v) is 4.28. The molecule has 0 aliphatic heterocycles. The van der Waals surface area contributed by atoms with E-state index in [1.807, 2.05) is 12.2 Å². The topological polar surface area (TPSA) is 54.4 Å². The fraction of sp³-hybridized carbons (Fsp3) is 0.600. The summed E-state index contributed by atoms with van der Waals surface area (Å²) in [5, 5.41) is 8.46. The molecule has 0 unspecified atom stereocenters. The first-order chi connectivity index (χ1) is 8.77. The number of hydrogen-bond acceptors (Lipinski definition) is 2. The summed E-state index contributed by atoms with van der Waals surface area (Å²) in [5.74, 6) is -0.694. The maximum absolute atomic E-state index is 10.3. The Morgan fingerprint density at radius 3 is 2.17 bits per heavy atom. The van der Waals surface area contributed by atoms with Gasteiger partial charge in [-0.2, -0.15) is 0 Å². The molecule has 0 bridgehead atoms. The number of allylic oxidation sites excluding steroid dienone is 4. The van der Waals surface area contributed by atoms with E-state index in [1.54, 1.807) is 0 Å². The summed E-state index contributed by atoms with van der Waals surface area (Å²) >= 11 is 0. The Morgan fingerprint density at radius 1 is 0.833 bits per heavy atom. The summed E-state index contributed by atoms with van der Waals surface area (Å²) in [6, 6.07) is 0. The van der Waals surface area contributed by atoms with Crippen molar-refractivity contribution in [1.82, 2.24) is 0 Å². The monoisotopic (exact) mass is 252 g/mol. The third-order valence-corrected chi connectivity index (χ3v) is 2.60. The third kappa shape index (κ3) is 14.6. The molecule has 0 radical (unpaired) electrons. The van der Waals surface area contributed by atoms with Crippen molar-refractivity contribution in [3.8, 4) is 0 Å². The minimum atomic E-state index is -0.694. The molecule has 0 saturated carbocycles. The largest absolute Gasteiger partial charge is 0.481 e. The van der Waals surface area contributed by atoms with Crippen molar-refractivity contribution < 1.29 is 14.7 Å². The number of carboxylic acids is 1. The van der Waals surface area contributed by atoms with Crippen LogP contribution < -0.4 is 0 Å². The van der Waals surface area contributed by atoms with Crippen molar-refractivity contribution >= 4 is 12.3 Å². The van der Waals surface area contributed by atoms with Crippen LogP contribution in [0.1, 0.15) is 57.8 Å². The molecule has 3 heteroatoms. The molecule has 102 valence electrons. The number of carboxylic acid groups (broad SMARTS) is 1. The molecule has 0 spiro atoms. The highest BCUT2D eigenvalue weighted by Gasteiger charge is 1.95. The molecule has 18 heavy (non-hydrogen) atoms. The molecule has 0 aliphatic rings. The van der Waals surface area contributed by atoms with Gasteiger partial charge in [0, 0.05) is 12.8 Å². The van der Waals surface area contributed by atoms with Gasteiger partial charge in [-0.15, -0.1) is 0 Å². The van der Waals surface area contributed by atoms with Crippen molar-refractivity contribution in [1.29, 1.82) is 0 Å². The number of rotatable bonds is 12. The van der Waals surface area contributed by atoms with Crippen molar-refractivity contribution in [2.24, 2.45) is 0 Å². The second kappa shape index (κ2) is 13.7. The Labute approximate surface area is 110 Å². The minimum Gasteiger partial charge on any atom is -0.481 e. The molecule has 0 rings (SSSR count). The molecule has 0 heterocycles. The van der Waals surface area contributed by atoms with Gasteiger partial charge >= 0.3 is 5.97 Å². The van der Waals surface area contributed by atoms with Gasteiger partial charge in [0.1, 0.15) is 6.29 Å². The molecular weight excluding hydrogens is 228 g/mol. The Bertz CT molecular complexity index is 267. The molecule has 0 aromatic carbocycles. The number of aliphatic carboxylic acids is 1. The third-order valence-electron chi connectivity index (χ3n) is 2.60. The zero-order chi connectivity index (χ0) is 13.5. The number of hydrogen-bond donors (Lipinski definition) is 1. The summed E-state index contributed by atoms with van der Waals surface area (Å²) in [4.78, 5) is 20.3. The van der Waals surface area contributed by atoms with E-state index >= 15 is 0 Å². The summed E-state index contributed by atoms with van der Waals surface area (Å²) < 4.78 is 0. The molecule has 3 nitrogen and oxygen atoms in total. The first kappa shape index (κ1) is 16.6. The lowest BCUT2D eigenvalue weighted by Crippen LogP contribution is -1.93. The minimum absolute atomic E-state index is 0.299. The Hall–Kier alpha value is -1.38. The maximum Gasteiger partial charge on any atom is 0.303 e. The van der Waals surface area contributed by atoms with Crippen LogP contribution in [0, 0.1) is 0 Å². The van der Waals surface area contributed by atoms with Crippen molar-refractivity contribution in [3.05, 3.63) is 24.3 Å². The van der Waals surface area contributed by atoms with Crippen LogP contribution >= 0.6 is 0 Å². The second-order valence-electron chi connectivity index (χ2n) is 4.28. The molecule has 0 saturated heterocycles. The van der Waals surface area contributed by atoms with E-state index in [1.165, 1.54) is 12.8 Å². The van der Waals surface area contributed by atoms with Gasteiger partial charge in [0.05, 0.1) is 0 Å². The first-order valence-electron chi connectivity index (χ1n) is 6.72. The van der Waals surface area contributed by atoms with Gasteiger partial charge in [-0.3, -0.25) is 4.79 Å². The smallest absolute Gasteiger partial charge is 0.303 e. The van der Waals surface area contributed by atoms with Crippen LogP contribution in [0.4, 0.5) is 0 Å². The van der Waals surface area contributed by atoms with E-state index in [0.29, 0.717) is 12.8 Å². The van der Waals surface area contributed by atoms with E-state index in [-0.39, 0.29) is 0 Å². The van der Waals surface area contributed by atoms with Gasteiger partial charge < -0.3 is 9.90 Å². The van der Waals surface area contributed by atoms with Crippen LogP contribution in [0.2, 0.25) is 0 Å². The predicted octanol–water partition coefficient (Wildman–Crippen LogP) is 3.89. The molecule has 0 fully saturated rings. The van der Waals surface area contributed by atoms with Crippen molar-refractivity contribution in [2.75, 3.05) is 0 Å². The fourth-order valence-corrected chi connectivity index (χ4v) is 1.61. The zero-order valence-corrected chi connectivity index (χ0v) is 11.0. The summed E-state index contributed by atoms with van der Waals surface area (Å²) in [7, 11) is 0. The quantitative estimate of drug-likeness (QED) is 0.325. The number of carbonyl (C=O) groups is 2. The van der Waals surface area contributed by atoms with Gasteiger partial charge in [0.25, 0.3) is 0 Å². The van der Waals surface area contributed by atoms with E-state index in [0.717, 1.165) is 38.4 Å². The zero-order valence-electron chi connectivity index (χ0n) is 11.0. The van der Waals surface area contributed by atoms with Crippen LogP contribution in [0.15, 0.2) is 24.3 Å². The van der Waals surface area contributed by atoms with Crippen LogP contribution in [0.3, 0.4) is 0 Å². The van der Waals surface area contributed by atoms with Crippen LogP contribution in [-0.4, -0.2) is 17.4 Å². The highest BCUT2D eigenvalue weighted by atomic mass is 16.4.